The molecule has 2 N–H and O–H groups in total. The van der Waals surface area contributed by atoms with E-state index in [1.165, 1.54) is 16.8 Å². The Hall–Kier alpha value is -1.55. The Morgan fingerprint density at radius 3 is 2.44 bits per heavy atom. The summed E-state index contributed by atoms with van der Waals surface area (Å²) in [5.41, 5.74) is 9.32. The van der Waals surface area contributed by atoms with E-state index in [0.29, 0.717) is 6.54 Å². The van der Waals surface area contributed by atoms with Crippen molar-refractivity contribution in [3.63, 3.8) is 0 Å². The largest absolute Gasteiger partial charge is 0.368 e. The molecule has 1 fully saturated rings. The van der Waals surface area contributed by atoms with Crippen LogP contribution in [0.5, 0.6) is 0 Å². The van der Waals surface area contributed by atoms with Crippen LogP contribution in [0, 0.1) is 6.92 Å². The van der Waals surface area contributed by atoms with Gasteiger partial charge in [0.25, 0.3) is 0 Å². The minimum absolute atomic E-state index is 0.171. The van der Waals surface area contributed by atoms with Crippen molar-refractivity contribution in [2.75, 3.05) is 31.1 Å². The lowest BCUT2D eigenvalue weighted by Crippen LogP contribution is -2.48. The van der Waals surface area contributed by atoms with Crippen LogP contribution in [-0.2, 0) is 11.3 Å². The van der Waals surface area contributed by atoms with Crippen molar-refractivity contribution in [3.8, 4) is 0 Å². The van der Waals surface area contributed by atoms with Gasteiger partial charge < -0.3 is 15.5 Å². The van der Waals surface area contributed by atoms with Crippen LogP contribution in [0.3, 0.4) is 0 Å². The molecule has 1 heterocycles. The third-order valence-electron chi connectivity index (χ3n) is 3.56. The minimum Gasteiger partial charge on any atom is -0.368 e. The Bertz CT molecular complexity index is 437. The van der Waals surface area contributed by atoms with E-state index in [4.69, 9.17) is 5.73 Å². The molecule has 1 aliphatic rings. The van der Waals surface area contributed by atoms with Gasteiger partial charge in [0.05, 0.1) is 0 Å². The number of nitrogens with zero attached hydrogens (tertiary/aromatic N) is 2. The molecule has 98 valence electrons. The van der Waals surface area contributed by atoms with Gasteiger partial charge in [-0.25, -0.2) is 0 Å². The second kappa shape index (κ2) is 5.40. The van der Waals surface area contributed by atoms with Gasteiger partial charge >= 0.3 is 0 Å². The first-order valence-electron chi connectivity index (χ1n) is 6.42. The summed E-state index contributed by atoms with van der Waals surface area (Å²) in [6.07, 6.45) is 0. The number of piperazine rings is 1. The minimum atomic E-state index is 0.171. The van der Waals surface area contributed by atoms with E-state index < -0.39 is 0 Å². The highest BCUT2D eigenvalue weighted by Crippen LogP contribution is 2.22. The average molecular weight is 247 g/mol. The van der Waals surface area contributed by atoms with Crippen LogP contribution in [0.1, 0.15) is 18.1 Å². The second-order valence-electron chi connectivity index (χ2n) is 4.82. The predicted octanol–water partition coefficient (Wildman–Crippen LogP) is 1.12. The number of rotatable bonds is 2. The van der Waals surface area contributed by atoms with Gasteiger partial charge in [0.2, 0.25) is 5.91 Å². The average Bonchev–Trinajstić information content (AvgIpc) is 2.38. The highest BCUT2D eigenvalue weighted by Gasteiger charge is 2.19. The topological polar surface area (TPSA) is 49.6 Å². The monoisotopic (exact) mass is 247 g/mol. The lowest BCUT2D eigenvalue weighted by molar-refractivity contribution is -0.129. The Kier molecular flexibility index (Phi) is 3.87. The molecule has 1 saturated heterocycles. The summed E-state index contributed by atoms with van der Waals surface area (Å²) in [6, 6.07) is 6.37. The molecule has 0 aromatic heterocycles. The van der Waals surface area contributed by atoms with Crippen molar-refractivity contribution in [3.05, 3.63) is 29.3 Å². The molecular weight excluding hydrogens is 226 g/mol. The molecule has 1 aromatic carbocycles. The van der Waals surface area contributed by atoms with Crippen molar-refractivity contribution in [1.29, 1.82) is 0 Å². The number of hydrogen-bond donors (Lipinski definition) is 1. The third-order valence-corrected chi connectivity index (χ3v) is 3.56. The number of amides is 1. The molecule has 18 heavy (non-hydrogen) atoms. The highest BCUT2D eigenvalue weighted by molar-refractivity contribution is 5.73. The number of nitrogens with two attached hydrogens (primary N) is 1. The fourth-order valence-corrected chi connectivity index (χ4v) is 2.46. The summed E-state index contributed by atoms with van der Waals surface area (Å²) in [4.78, 5) is 15.5. The van der Waals surface area contributed by atoms with Gasteiger partial charge in [-0.3, -0.25) is 4.79 Å². The van der Waals surface area contributed by atoms with Gasteiger partial charge in [0.1, 0.15) is 0 Å². The fraction of sp³-hybridized carbons (Fsp3) is 0.500. The van der Waals surface area contributed by atoms with Crippen molar-refractivity contribution in [1.82, 2.24) is 4.90 Å². The van der Waals surface area contributed by atoms with Crippen LogP contribution in [0.2, 0.25) is 0 Å². The van der Waals surface area contributed by atoms with Crippen LogP contribution < -0.4 is 10.6 Å². The Balaban J connectivity index is 2.07. The maximum absolute atomic E-state index is 11.3. The van der Waals surface area contributed by atoms with Crippen LogP contribution in [0.15, 0.2) is 18.2 Å². The van der Waals surface area contributed by atoms with E-state index in [-0.39, 0.29) is 5.91 Å². The van der Waals surface area contributed by atoms with E-state index in [9.17, 15) is 4.79 Å². The SMILES string of the molecule is CC(=O)N1CCN(c2ccc(CN)cc2C)CC1. The van der Waals surface area contributed by atoms with Gasteiger partial charge in [-0.15, -0.1) is 0 Å². The third kappa shape index (κ3) is 2.64. The van der Waals surface area contributed by atoms with Crippen LogP contribution in [0.25, 0.3) is 0 Å². The first kappa shape index (κ1) is 12.9. The molecule has 2 rings (SSSR count). The van der Waals surface area contributed by atoms with Crippen molar-refractivity contribution >= 4 is 11.6 Å². The molecule has 4 nitrogen and oxygen atoms in total. The van der Waals surface area contributed by atoms with E-state index in [1.807, 2.05) is 4.90 Å². The van der Waals surface area contributed by atoms with Crippen molar-refractivity contribution in [2.45, 2.75) is 20.4 Å². The van der Waals surface area contributed by atoms with Crippen LogP contribution in [-0.4, -0.2) is 37.0 Å². The predicted molar refractivity (Wildman–Crippen MR) is 73.5 cm³/mol. The van der Waals surface area contributed by atoms with Gasteiger partial charge in [0, 0.05) is 45.3 Å². The number of carbonyl (C=O) groups excluding carboxylic acids is 1. The molecule has 1 aromatic rings. The molecular formula is C14H21N3O. The normalized spacial score (nSPS) is 15.9. The number of benzene rings is 1. The summed E-state index contributed by atoms with van der Waals surface area (Å²) in [5, 5.41) is 0. The second-order valence-corrected chi connectivity index (χ2v) is 4.82. The molecule has 0 bridgehead atoms. The van der Waals surface area contributed by atoms with Crippen molar-refractivity contribution in [2.24, 2.45) is 5.73 Å². The summed E-state index contributed by atoms with van der Waals surface area (Å²) in [5.74, 6) is 0.171. The zero-order valence-corrected chi connectivity index (χ0v) is 11.1. The number of hydrogen-bond acceptors (Lipinski definition) is 3. The Morgan fingerprint density at radius 2 is 1.94 bits per heavy atom. The summed E-state index contributed by atoms with van der Waals surface area (Å²) in [7, 11) is 0. The van der Waals surface area contributed by atoms with Gasteiger partial charge in [-0.1, -0.05) is 12.1 Å². The Morgan fingerprint density at radius 1 is 1.28 bits per heavy atom. The molecule has 0 spiro atoms. The lowest BCUT2D eigenvalue weighted by Gasteiger charge is -2.36. The molecule has 0 unspecified atom stereocenters. The number of anilines is 1. The quantitative estimate of drug-likeness (QED) is 0.852. The molecule has 1 amide bonds. The summed E-state index contributed by atoms with van der Waals surface area (Å²) in [6.45, 7) is 7.77. The smallest absolute Gasteiger partial charge is 0.219 e. The molecule has 0 radical (unpaired) electrons. The summed E-state index contributed by atoms with van der Waals surface area (Å²) < 4.78 is 0. The lowest BCUT2D eigenvalue weighted by atomic mass is 10.1. The maximum Gasteiger partial charge on any atom is 0.219 e. The van der Waals surface area contributed by atoms with E-state index in [1.54, 1.807) is 6.92 Å². The van der Waals surface area contributed by atoms with Gasteiger partial charge in [-0.05, 0) is 24.1 Å². The number of aryl methyl sites for hydroxylation is 1. The van der Waals surface area contributed by atoms with E-state index >= 15 is 0 Å². The Labute approximate surface area is 108 Å². The van der Waals surface area contributed by atoms with Crippen LogP contribution in [0.4, 0.5) is 5.69 Å². The molecule has 0 atom stereocenters. The molecule has 4 heteroatoms. The molecule has 1 aliphatic heterocycles. The van der Waals surface area contributed by atoms with E-state index in [0.717, 1.165) is 26.2 Å². The zero-order valence-electron chi connectivity index (χ0n) is 11.1. The van der Waals surface area contributed by atoms with E-state index in [2.05, 4.69) is 30.0 Å². The zero-order chi connectivity index (χ0) is 13.1. The maximum atomic E-state index is 11.3. The van der Waals surface area contributed by atoms with Gasteiger partial charge in [0.15, 0.2) is 0 Å². The summed E-state index contributed by atoms with van der Waals surface area (Å²) >= 11 is 0. The first-order chi connectivity index (χ1) is 8.61. The standard InChI is InChI=1S/C14H21N3O/c1-11-9-13(10-15)3-4-14(11)17-7-5-16(6-8-17)12(2)18/h3-4,9H,5-8,10,15H2,1-2H3. The van der Waals surface area contributed by atoms with Gasteiger partial charge in [-0.2, -0.15) is 0 Å². The molecule has 0 aliphatic carbocycles. The number of carbonyl (C=O) groups is 1. The fourth-order valence-electron chi connectivity index (χ4n) is 2.46. The molecule has 0 saturated carbocycles. The first-order valence-corrected chi connectivity index (χ1v) is 6.42. The van der Waals surface area contributed by atoms with Crippen LogP contribution >= 0.6 is 0 Å². The highest BCUT2D eigenvalue weighted by atomic mass is 16.2. The van der Waals surface area contributed by atoms with Crippen molar-refractivity contribution < 1.29 is 4.79 Å².